The van der Waals surface area contributed by atoms with E-state index in [-0.39, 0.29) is 24.5 Å². The number of aliphatic hydroxyl groups excluding tert-OH is 1. The van der Waals surface area contributed by atoms with Crippen LogP contribution in [0, 0.1) is 5.92 Å². The number of nitrogens with zero attached hydrogens (tertiary/aromatic N) is 3. The number of rotatable bonds is 7. The minimum atomic E-state index is -0.332. The summed E-state index contributed by atoms with van der Waals surface area (Å²) in [4.78, 5) is 25.7. The number of carbonyl (C=O) groups excluding carboxylic acids is 1. The average molecular weight is 392 g/mol. The predicted octanol–water partition coefficient (Wildman–Crippen LogP) is 2.80. The molecule has 150 valence electrons. The molecule has 8 nitrogen and oxygen atoms in total. The van der Waals surface area contributed by atoms with Crippen LogP contribution >= 0.6 is 0 Å². The van der Waals surface area contributed by atoms with Gasteiger partial charge in [0.05, 0.1) is 18.3 Å². The molecule has 1 aromatic carbocycles. The zero-order valence-electron chi connectivity index (χ0n) is 16.3. The van der Waals surface area contributed by atoms with Crippen molar-refractivity contribution >= 4 is 23.4 Å². The lowest BCUT2D eigenvalue weighted by molar-refractivity contribution is 0.102. The van der Waals surface area contributed by atoms with Gasteiger partial charge in [0, 0.05) is 35.3 Å². The zero-order valence-corrected chi connectivity index (χ0v) is 16.3. The van der Waals surface area contributed by atoms with E-state index in [1.807, 2.05) is 19.9 Å². The van der Waals surface area contributed by atoms with Gasteiger partial charge in [0.25, 0.3) is 5.91 Å². The maximum Gasteiger partial charge on any atom is 0.256 e. The lowest BCUT2D eigenvalue weighted by Gasteiger charge is -2.20. The van der Waals surface area contributed by atoms with Gasteiger partial charge >= 0.3 is 0 Å². The van der Waals surface area contributed by atoms with Crippen molar-refractivity contribution in [3.8, 4) is 11.3 Å². The number of hydrogen-bond acceptors (Lipinski definition) is 7. The van der Waals surface area contributed by atoms with Gasteiger partial charge in [-0.2, -0.15) is 4.98 Å². The Morgan fingerprint density at radius 1 is 1.17 bits per heavy atom. The van der Waals surface area contributed by atoms with E-state index in [9.17, 15) is 9.90 Å². The number of amides is 1. The molecule has 8 heteroatoms. The summed E-state index contributed by atoms with van der Waals surface area (Å²) >= 11 is 0. The summed E-state index contributed by atoms with van der Waals surface area (Å²) in [6.07, 6.45) is 3.36. The summed E-state index contributed by atoms with van der Waals surface area (Å²) in [5.41, 5.74) is 8.07. The van der Waals surface area contributed by atoms with Crippen LogP contribution in [0.25, 0.3) is 11.3 Å². The molecule has 0 radical (unpaired) electrons. The highest BCUT2D eigenvalue weighted by Crippen LogP contribution is 2.22. The van der Waals surface area contributed by atoms with Gasteiger partial charge in [0.15, 0.2) is 0 Å². The Morgan fingerprint density at radius 2 is 2.00 bits per heavy atom. The minimum Gasteiger partial charge on any atom is -0.399 e. The largest absolute Gasteiger partial charge is 0.399 e. The standard InChI is InChI=1S/C21H24N6O2/c1-13(2)18(12-28)25-21-24-17(15-6-4-8-23-11-15)10-19(27-21)26-20(29)14-5-3-7-16(22)9-14/h3-11,13,18,28H,12,22H2,1-2H3,(H2,24,25,26,27,29)/t18-/m1/s1. The number of pyridine rings is 1. The van der Waals surface area contributed by atoms with Crippen LogP contribution in [0.5, 0.6) is 0 Å². The number of hydrogen-bond donors (Lipinski definition) is 4. The van der Waals surface area contributed by atoms with Crippen LogP contribution in [0.3, 0.4) is 0 Å². The van der Waals surface area contributed by atoms with Crippen LogP contribution < -0.4 is 16.4 Å². The van der Waals surface area contributed by atoms with Gasteiger partial charge < -0.3 is 21.5 Å². The maximum atomic E-state index is 12.6. The molecule has 0 spiro atoms. The van der Waals surface area contributed by atoms with Gasteiger partial charge in [-0.15, -0.1) is 0 Å². The second kappa shape index (κ2) is 9.11. The minimum absolute atomic E-state index is 0.0663. The van der Waals surface area contributed by atoms with Gasteiger partial charge in [0.1, 0.15) is 5.82 Å². The lowest BCUT2D eigenvalue weighted by Crippen LogP contribution is -2.30. The molecule has 0 unspecified atom stereocenters. The van der Waals surface area contributed by atoms with Gasteiger partial charge in [-0.1, -0.05) is 19.9 Å². The second-order valence-electron chi connectivity index (χ2n) is 6.96. The van der Waals surface area contributed by atoms with Crippen LogP contribution in [0.1, 0.15) is 24.2 Å². The Balaban J connectivity index is 1.94. The third-order valence-corrected chi connectivity index (χ3v) is 4.39. The molecule has 0 aliphatic carbocycles. The predicted molar refractivity (Wildman–Crippen MR) is 113 cm³/mol. The van der Waals surface area contributed by atoms with Crippen molar-refractivity contribution in [3.63, 3.8) is 0 Å². The van der Waals surface area contributed by atoms with Crippen LogP contribution in [-0.4, -0.2) is 38.6 Å². The molecule has 0 aliphatic heterocycles. The highest BCUT2D eigenvalue weighted by molar-refractivity contribution is 6.04. The van der Waals surface area contributed by atoms with E-state index in [2.05, 4.69) is 25.6 Å². The number of nitrogen functional groups attached to an aromatic ring is 1. The van der Waals surface area contributed by atoms with Crippen LogP contribution in [-0.2, 0) is 0 Å². The molecule has 0 fully saturated rings. The van der Waals surface area contributed by atoms with Gasteiger partial charge in [0.2, 0.25) is 5.95 Å². The molecule has 1 atom stereocenters. The third kappa shape index (κ3) is 5.26. The highest BCUT2D eigenvalue weighted by Gasteiger charge is 2.16. The number of aromatic nitrogens is 3. The van der Waals surface area contributed by atoms with Crippen molar-refractivity contribution in [1.82, 2.24) is 15.0 Å². The highest BCUT2D eigenvalue weighted by atomic mass is 16.3. The molecule has 0 bridgehead atoms. The summed E-state index contributed by atoms with van der Waals surface area (Å²) < 4.78 is 0. The summed E-state index contributed by atoms with van der Waals surface area (Å²) in [7, 11) is 0. The third-order valence-electron chi connectivity index (χ3n) is 4.39. The monoisotopic (exact) mass is 392 g/mol. The average Bonchev–Trinajstić information content (AvgIpc) is 2.72. The number of nitrogens with two attached hydrogens (primary N) is 1. The molecule has 5 N–H and O–H groups in total. The quantitative estimate of drug-likeness (QED) is 0.455. The van der Waals surface area contributed by atoms with Crippen molar-refractivity contribution in [2.24, 2.45) is 5.92 Å². The van der Waals surface area contributed by atoms with E-state index in [0.717, 1.165) is 5.56 Å². The first-order valence-electron chi connectivity index (χ1n) is 9.30. The second-order valence-corrected chi connectivity index (χ2v) is 6.96. The van der Waals surface area contributed by atoms with E-state index in [0.29, 0.717) is 28.7 Å². The molecule has 3 rings (SSSR count). The topological polar surface area (TPSA) is 126 Å². The lowest BCUT2D eigenvalue weighted by atomic mass is 10.1. The molecular weight excluding hydrogens is 368 g/mol. The van der Waals surface area contributed by atoms with Gasteiger partial charge in [-0.3, -0.25) is 9.78 Å². The number of nitrogens with one attached hydrogen (secondary N) is 2. The van der Waals surface area contributed by atoms with E-state index < -0.39 is 0 Å². The number of benzene rings is 1. The van der Waals surface area contributed by atoms with Gasteiger partial charge in [-0.05, 0) is 36.2 Å². The summed E-state index contributed by atoms with van der Waals surface area (Å²) in [6, 6.07) is 11.8. The van der Waals surface area contributed by atoms with Crippen molar-refractivity contribution in [1.29, 1.82) is 0 Å². The van der Waals surface area contributed by atoms with Crippen molar-refractivity contribution in [3.05, 3.63) is 60.4 Å². The van der Waals surface area contributed by atoms with Crippen LogP contribution in [0.15, 0.2) is 54.9 Å². The van der Waals surface area contributed by atoms with Crippen LogP contribution in [0.4, 0.5) is 17.5 Å². The van der Waals surface area contributed by atoms with E-state index >= 15 is 0 Å². The Kier molecular flexibility index (Phi) is 6.36. The number of carbonyl (C=O) groups is 1. The van der Waals surface area contributed by atoms with Crippen LogP contribution in [0.2, 0.25) is 0 Å². The summed E-state index contributed by atoms with van der Waals surface area (Å²) in [5, 5.41) is 15.5. The Hall–Kier alpha value is -3.52. The first kappa shape index (κ1) is 20.2. The normalized spacial score (nSPS) is 11.9. The molecule has 29 heavy (non-hydrogen) atoms. The fraction of sp³-hybridized carbons (Fsp3) is 0.238. The Labute approximate surface area is 169 Å². The number of anilines is 3. The first-order valence-corrected chi connectivity index (χ1v) is 9.30. The SMILES string of the molecule is CC(C)[C@@H](CO)Nc1nc(NC(=O)c2cccc(N)c2)cc(-c2cccnc2)n1. The molecule has 2 aromatic heterocycles. The molecule has 0 aliphatic rings. The Morgan fingerprint density at radius 3 is 2.66 bits per heavy atom. The van der Waals surface area contributed by atoms with E-state index in [4.69, 9.17) is 5.73 Å². The summed E-state index contributed by atoms with van der Waals surface area (Å²) in [5.74, 6) is 0.467. The fourth-order valence-electron chi connectivity index (χ4n) is 2.70. The van der Waals surface area contributed by atoms with E-state index in [1.165, 1.54) is 0 Å². The zero-order chi connectivity index (χ0) is 20.8. The Bertz CT molecular complexity index is 978. The molecule has 1 amide bonds. The number of aliphatic hydroxyl groups is 1. The van der Waals surface area contributed by atoms with Gasteiger partial charge in [-0.25, -0.2) is 4.98 Å². The van der Waals surface area contributed by atoms with Crippen molar-refractivity contribution < 1.29 is 9.90 Å². The van der Waals surface area contributed by atoms with E-state index in [1.54, 1.807) is 48.8 Å². The maximum absolute atomic E-state index is 12.6. The molecule has 0 saturated carbocycles. The molecule has 2 heterocycles. The van der Waals surface area contributed by atoms with Crippen molar-refractivity contribution in [2.75, 3.05) is 23.0 Å². The molecule has 3 aromatic rings. The molecular formula is C21H24N6O2. The van der Waals surface area contributed by atoms with Crippen molar-refractivity contribution in [2.45, 2.75) is 19.9 Å². The summed E-state index contributed by atoms with van der Waals surface area (Å²) in [6.45, 7) is 3.91. The smallest absolute Gasteiger partial charge is 0.256 e. The molecule has 0 saturated heterocycles. The fourth-order valence-corrected chi connectivity index (χ4v) is 2.70. The first-order chi connectivity index (χ1) is 14.0.